The normalized spacial score (nSPS) is 11.9. The van der Waals surface area contributed by atoms with Crippen LogP contribution in [-0.2, 0) is 4.79 Å². The average molecular weight is 386 g/mol. The van der Waals surface area contributed by atoms with Gasteiger partial charge in [-0.2, -0.15) is 0 Å². The number of hydrogen-bond donors (Lipinski definition) is 1. The second kappa shape index (κ2) is 8.19. The van der Waals surface area contributed by atoms with Gasteiger partial charge in [0.2, 0.25) is 5.89 Å². The summed E-state index contributed by atoms with van der Waals surface area (Å²) in [5.41, 5.74) is 4.07. The van der Waals surface area contributed by atoms with Crippen molar-refractivity contribution in [3.8, 4) is 17.2 Å². The maximum absolute atomic E-state index is 12.7. The molecule has 1 amide bonds. The second-order valence-electron chi connectivity index (χ2n) is 6.89. The number of rotatable bonds is 6. The summed E-state index contributed by atoms with van der Waals surface area (Å²) in [7, 11) is 0. The smallest absolute Gasteiger partial charge is 0.265 e. The summed E-state index contributed by atoms with van der Waals surface area (Å²) in [6, 6.07) is 22.8. The van der Waals surface area contributed by atoms with Crippen LogP contribution in [-0.4, -0.2) is 17.0 Å². The molecule has 0 aliphatic heterocycles. The van der Waals surface area contributed by atoms with E-state index in [9.17, 15) is 4.79 Å². The Bertz CT molecular complexity index is 1140. The number of fused-ring (bicyclic) bond motifs is 1. The molecule has 0 spiro atoms. The second-order valence-corrected chi connectivity index (χ2v) is 6.89. The molecule has 0 aliphatic carbocycles. The van der Waals surface area contributed by atoms with Gasteiger partial charge >= 0.3 is 0 Å². The first-order valence-electron chi connectivity index (χ1n) is 9.62. The van der Waals surface area contributed by atoms with Gasteiger partial charge in [-0.15, -0.1) is 0 Å². The molecule has 0 saturated carbocycles. The van der Waals surface area contributed by atoms with E-state index in [4.69, 9.17) is 9.15 Å². The van der Waals surface area contributed by atoms with Crippen molar-refractivity contribution in [1.82, 2.24) is 4.98 Å². The van der Waals surface area contributed by atoms with Crippen LogP contribution in [0.1, 0.15) is 18.9 Å². The third kappa shape index (κ3) is 4.29. The number of benzene rings is 3. The zero-order valence-electron chi connectivity index (χ0n) is 16.4. The predicted octanol–water partition coefficient (Wildman–Crippen LogP) is 5.60. The molecule has 1 N–H and O–H groups in total. The summed E-state index contributed by atoms with van der Waals surface area (Å²) < 4.78 is 11.7. The zero-order valence-corrected chi connectivity index (χ0v) is 16.4. The van der Waals surface area contributed by atoms with Gasteiger partial charge in [-0.05, 0) is 49.7 Å². The van der Waals surface area contributed by atoms with E-state index in [1.54, 1.807) is 6.07 Å². The van der Waals surface area contributed by atoms with E-state index >= 15 is 0 Å². The van der Waals surface area contributed by atoms with Gasteiger partial charge in [0, 0.05) is 17.3 Å². The molecule has 4 aromatic rings. The first kappa shape index (κ1) is 18.7. The third-order valence-electron chi connectivity index (χ3n) is 4.61. The maximum atomic E-state index is 12.7. The van der Waals surface area contributed by atoms with E-state index in [0.29, 0.717) is 29.3 Å². The molecule has 29 heavy (non-hydrogen) atoms. The molecule has 3 aromatic carbocycles. The fraction of sp³-hybridized carbons (Fsp3) is 0.167. The average Bonchev–Trinajstić information content (AvgIpc) is 3.16. The maximum Gasteiger partial charge on any atom is 0.265 e. The molecule has 5 heteroatoms. The number of aromatic nitrogens is 1. The highest BCUT2D eigenvalue weighted by atomic mass is 16.5. The standard InChI is InChI=1S/C24H22N2O3/c1-3-21(28-19-10-5-4-6-11-19)23(27)25-18-12-13-20-22(15-18)29-24(26-20)17-9-7-8-16(2)14-17/h4-15,21H,3H2,1-2H3,(H,25,27). The number of aryl methyl sites for hydroxylation is 1. The summed E-state index contributed by atoms with van der Waals surface area (Å²) in [4.78, 5) is 17.2. The highest BCUT2D eigenvalue weighted by molar-refractivity contribution is 5.96. The molecule has 1 heterocycles. The van der Waals surface area contributed by atoms with Crippen LogP contribution >= 0.6 is 0 Å². The van der Waals surface area contributed by atoms with Gasteiger partial charge in [0.1, 0.15) is 11.3 Å². The van der Waals surface area contributed by atoms with Crippen LogP contribution in [0.5, 0.6) is 5.75 Å². The highest BCUT2D eigenvalue weighted by Gasteiger charge is 2.19. The number of nitrogens with one attached hydrogen (secondary N) is 1. The molecular formula is C24H22N2O3. The van der Waals surface area contributed by atoms with E-state index in [2.05, 4.69) is 10.3 Å². The Kier molecular flexibility index (Phi) is 5.29. The van der Waals surface area contributed by atoms with E-state index in [1.165, 1.54) is 0 Å². The van der Waals surface area contributed by atoms with Gasteiger partial charge in [-0.3, -0.25) is 4.79 Å². The highest BCUT2D eigenvalue weighted by Crippen LogP contribution is 2.27. The topological polar surface area (TPSA) is 64.4 Å². The van der Waals surface area contributed by atoms with Crippen LogP contribution in [0.25, 0.3) is 22.6 Å². The molecule has 0 radical (unpaired) electrons. The number of anilines is 1. The van der Waals surface area contributed by atoms with Gasteiger partial charge in [0.25, 0.3) is 5.91 Å². The van der Waals surface area contributed by atoms with E-state index in [0.717, 1.165) is 16.6 Å². The first-order valence-corrected chi connectivity index (χ1v) is 9.62. The molecule has 0 bridgehead atoms. The van der Waals surface area contributed by atoms with E-state index in [1.807, 2.05) is 80.6 Å². The van der Waals surface area contributed by atoms with Crippen molar-refractivity contribution in [3.63, 3.8) is 0 Å². The minimum atomic E-state index is -0.578. The molecule has 146 valence electrons. The minimum absolute atomic E-state index is 0.200. The molecule has 5 nitrogen and oxygen atoms in total. The van der Waals surface area contributed by atoms with Crippen molar-refractivity contribution in [2.45, 2.75) is 26.4 Å². The molecule has 0 saturated heterocycles. The third-order valence-corrected chi connectivity index (χ3v) is 4.61. The SMILES string of the molecule is CCC(Oc1ccccc1)C(=O)Nc1ccc2nc(-c3cccc(C)c3)oc2c1. The van der Waals surface area contributed by atoms with Crippen LogP contribution in [0.4, 0.5) is 5.69 Å². The molecule has 1 atom stereocenters. The molecule has 0 aliphatic rings. The van der Waals surface area contributed by atoms with Crippen molar-refractivity contribution in [1.29, 1.82) is 0 Å². The van der Waals surface area contributed by atoms with Gasteiger partial charge < -0.3 is 14.5 Å². The minimum Gasteiger partial charge on any atom is -0.481 e. The Morgan fingerprint density at radius 3 is 2.66 bits per heavy atom. The molecule has 1 unspecified atom stereocenters. The Morgan fingerprint density at radius 1 is 1.07 bits per heavy atom. The Balaban J connectivity index is 1.52. The number of carbonyl (C=O) groups excluding carboxylic acids is 1. The number of ether oxygens (including phenoxy) is 1. The lowest BCUT2D eigenvalue weighted by atomic mass is 10.1. The molecular weight excluding hydrogens is 364 g/mol. The number of nitrogens with zero attached hydrogens (tertiary/aromatic N) is 1. The summed E-state index contributed by atoms with van der Waals surface area (Å²) in [6.45, 7) is 3.95. The first-order chi connectivity index (χ1) is 14.1. The van der Waals surface area contributed by atoms with Crippen molar-refractivity contribution < 1.29 is 13.9 Å². The van der Waals surface area contributed by atoms with Crippen LogP contribution in [0.2, 0.25) is 0 Å². The van der Waals surface area contributed by atoms with Crippen LogP contribution < -0.4 is 10.1 Å². The molecule has 1 aromatic heterocycles. The Labute approximate surface area is 169 Å². The van der Waals surface area contributed by atoms with Crippen molar-refractivity contribution in [2.24, 2.45) is 0 Å². The van der Waals surface area contributed by atoms with Gasteiger partial charge in [0.15, 0.2) is 11.7 Å². The summed E-state index contributed by atoms with van der Waals surface area (Å²) in [5.74, 6) is 1.03. The van der Waals surface area contributed by atoms with Gasteiger partial charge in [-0.25, -0.2) is 4.98 Å². The lowest BCUT2D eigenvalue weighted by Crippen LogP contribution is -2.32. The number of para-hydroxylation sites is 1. The number of hydrogen-bond acceptors (Lipinski definition) is 4. The van der Waals surface area contributed by atoms with Crippen molar-refractivity contribution >= 4 is 22.7 Å². The summed E-state index contributed by atoms with van der Waals surface area (Å²) in [5, 5.41) is 2.91. The van der Waals surface area contributed by atoms with Gasteiger partial charge in [0.05, 0.1) is 0 Å². The van der Waals surface area contributed by atoms with E-state index < -0.39 is 6.10 Å². The fourth-order valence-corrected chi connectivity index (χ4v) is 3.11. The lowest BCUT2D eigenvalue weighted by molar-refractivity contribution is -0.122. The largest absolute Gasteiger partial charge is 0.481 e. The molecule has 0 fully saturated rings. The lowest BCUT2D eigenvalue weighted by Gasteiger charge is -2.17. The van der Waals surface area contributed by atoms with Crippen LogP contribution in [0.15, 0.2) is 77.2 Å². The number of carbonyl (C=O) groups is 1. The van der Waals surface area contributed by atoms with E-state index in [-0.39, 0.29) is 5.91 Å². The molecule has 4 rings (SSSR count). The van der Waals surface area contributed by atoms with Crippen LogP contribution in [0.3, 0.4) is 0 Å². The Hall–Kier alpha value is -3.60. The Morgan fingerprint density at radius 2 is 1.90 bits per heavy atom. The quantitative estimate of drug-likeness (QED) is 0.468. The summed E-state index contributed by atoms with van der Waals surface area (Å²) >= 11 is 0. The fourth-order valence-electron chi connectivity index (χ4n) is 3.11. The number of oxazole rings is 1. The number of amides is 1. The monoisotopic (exact) mass is 386 g/mol. The predicted molar refractivity (Wildman–Crippen MR) is 114 cm³/mol. The summed E-state index contributed by atoms with van der Waals surface area (Å²) in [6.07, 6.45) is -0.0198. The van der Waals surface area contributed by atoms with Crippen LogP contribution in [0, 0.1) is 6.92 Å². The van der Waals surface area contributed by atoms with Crippen molar-refractivity contribution in [2.75, 3.05) is 5.32 Å². The van der Waals surface area contributed by atoms with Crippen molar-refractivity contribution in [3.05, 3.63) is 78.4 Å². The zero-order chi connectivity index (χ0) is 20.2. The van der Waals surface area contributed by atoms with Gasteiger partial charge in [-0.1, -0.05) is 42.8 Å².